The molecule has 7 rings (SSSR count). The first-order valence-electron chi connectivity index (χ1n) is 20.1. The van der Waals surface area contributed by atoms with Gasteiger partial charge in [0.25, 0.3) is 0 Å². The molecule has 3 aliphatic carbocycles. The third-order valence-corrected chi connectivity index (χ3v) is 12.5. The fraction of sp³-hybridized carbons (Fsp3) is 0.360. The Bertz CT molecular complexity index is 2460. The van der Waals surface area contributed by atoms with Gasteiger partial charge in [-0.05, 0) is 122 Å². The molecule has 2 aliphatic heterocycles. The summed E-state index contributed by atoms with van der Waals surface area (Å²) in [6.07, 6.45) is 11.2. The van der Waals surface area contributed by atoms with Crippen molar-refractivity contribution in [2.45, 2.75) is 87.2 Å². The molecule has 0 saturated carbocycles. The van der Waals surface area contributed by atoms with Crippen LogP contribution in [-0.4, -0.2) is 58.6 Å². The average Bonchev–Trinajstić information content (AvgIpc) is 3.42. The van der Waals surface area contributed by atoms with Gasteiger partial charge in [0.05, 0.1) is 22.0 Å². The second kappa shape index (κ2) is 16.6. The molecule has 0 fully saturated rings. The molecule has 5 aliphatic rings. The topological polar surface area (TPSA) is 161 Å². The number of benzene rings is 2. The van der Waals surface area contributed by atoms with E-state index in [4.69, 9.17) is 9.47 Å². The summed E-state index contributed by atoms with van der Waals surface area (Å²) in [6, 6.07) is 9.67. The third-order valence-electron chi connectivity index (χ3n) is 12.5. The minimum Gasteiger partial charge on any atom is -0.506 e. The van der Waals surface area contributed by atoms with Crippen molar-refractivity contribution in [3.63, 3.8) is 0 Å². The molecule has 2 N–H and O–H groups in total. The Morgan fingerprint density at radius 1 is 0.733 bits per heavy atom. The number of allylic oxidation sites excluding steroid dienone is 11. The molecule has 0 saturated heterocycles. The Morgan fingerprint density at radius 3 is 1.85 bits per heavy atom. The monoisotopic (exact) mass is 812 g/mol. The van der Waals surface area contributed by atoms with Crippen molar-refractivity contribution in [1.82, 2.24) is 0 Å². The Morgan fingerprint density at radius 2 is 1.27 bits per heavy atom. The number of aliphatic hydroxyl groups excluding tert-OH is 2. The van der Waals surface area contributed by atoms with E-state index in [1.807, 2.05) is 65.8 Å². The highest BCUT2D eigenvalue weighted by molar-refractivity contribution is 6.37. The summed E-state index contributed by atoms with van der Waals surface area (Å²) in [4.78, 5) is 79.5. The molecule has 1 spiro atoms. The minimum absolute atomic E-state index is 0.0722. The van der Waals surface area contributed by atoms with E-state index in [2.05, 4.69) is 0 Å². The molecule has 0 unspecified atom stereocenters. The van der Waals surface area contributed by atoms with Gasteiger partial charge in [0.1, 0.15) is 42.1 Å². The summed E-state index contributed by atoms with van der Waals surface area (Å²) in [5.74, 6) is -2.76. The molecule has 2 aromatic carbocycles. The molecule has 4 atom stereocenters. The molecule has 60 heavy (non-hydrogen) atoms. The highest BCUT2D eigenvalue weighted by Gasteiger charge is 2.68. The Hall–Kier alpha value is -6.00. The molecular formula is C50H52O10. The third kappa shape index (κ3) is 7.10. The number of rotatable bonds is 5. The van der Waals surface area contributed by atoms with Crippen LogP contribution < -0.4 is 9.47 Å². The lowest BCUT2D eigenvalue weighted by molar-refractivity contribution is -0.148. The first-order valence-corrected chi connectivity index (χ1v) is 20.1. The van der Waals surface area contributed by atoms with Crippen molar-refractivity contribution in [1.29, 1.82) is 0 Å². The summed E-state index contributed by atoms with van der Waals surface area (Å²) >= 11 is 0. The second-order valence-electron chi connectivity index (χ2n) is 17.1. The Labute approximate surface area is 350 Å². The zero-order chi connectivity index (χ0) is 43.9. The van der Waals surface area contributed by atoms with Crippen molar-refractivity contribution >= 4 is 41.0 Å². The normalized spacial score (nSPS) is 27.6. The highest BCUT2D eigenvalue weighted by Crippen LogP contribution is 2.58. The van der Waals surface area contributed by atoms with Gasteiger partial charge in [0.15, 0.2) is 40.6 Å². The van der Waals surface area contributed by atoms with Crippen molar-refractivity contribution in [2.75, 3.05) is 13.2 Å². The summed E-state index contributed by atoms with van der Waals surface area (Å²) in [5.41, 5.74) is 1.39. The summed E-state index contributed by atoms with van der Waals surface area (Å²) in [6.45, 7) is 15.7. The molecular weight excluding hydrogens is 761 g/mol. The maximum absolute atomic E-state index is 14.2. The molecule has 0 amide bonds. The fourth-order valence-electron chi connectivity index (χ4n) is 8.73. The van der Waals surface area contributed by atoms with Crippen molar-refractivity contribution in [3.8, 4) is 11.5 Å². The predicted molar refractivity (Wildman–Crippen MR) is 228 cm³/mol. The van der Waals surface area contributed by atoms with Gasteiger partial charge >= 0.3 is 0 Å². The lowest BCUT2D eigenvalue weighted by Gasteiger charge is -2.43. The van der Waals surface area contributed by atoms with Crippen LogP contribution in [0.3, 0.4) is 0 Å². The average molecular weight is 813 g/mol. The van der Waals surface area contributed by atoms with Gasteiger partial charge in [-0.1, -0.05) is 70.9 Å². The predicted octanol–water partition coefficient (Wildman–Crippen LogP) is 9.01. The first kappa shape index (κ1) is 43.6. The molecule has 10 nitrogen and oxygen atoms in total. The lowest BCUT2D eigenvalue weighted by Crippen LogP contribution is -2.56. The molecule has 0 aromatic heterocycles. The number of ketones is 5. The zero-order valence-electron chi connectivity index (χ0n) is 35.5. The SMILES string of the molecule is CC(C)=CC[C@]12C/C=C(\C)COc3cccc(C=O)c3C(O)=C(C(=O)C=C1C)C2=O.CC(C)=CC[C@]12C/C=C(\C)COc3cccc4c3C(=O)[C@](C(=O)C=C1C)(C2=O)[C@@H]4O. The molecule has 5 bridgehead atoms. The van der Waals surface area contributed by atoms with Crippen molar-refractivity contribution in [3.05, 3.63) is 134 Å². The first-order chi connectivity index (χ1) is 28.4. The summed E-state index contributed by atoms with van der Waals surface area (Å²) < 4.78 is 11.7. The number of hydrogen-bond donors (Lipinski definition) is 2. The second-order valence-corrected chi connectivity index (χ2v) is 17.1. The van der Waals surface area contributed by atoms with Crippen molar-refractivity contribution < 1.29 is 48.5 Å². The largest absolute Gasteiger partial charge is 0.506 e. The van der Waals surface area contributed by atoms with Crippen LogP contribution in [0.2, 0.25) is 0 Å². The summed E-state index contributed by atoms with van der Waals surface area (Å²) in [5, 5.41) is 22.4. The Kier molecular flexibility index (Phi) is 12.0. The van der Waals surface area contributed by atoms with Crippen molar-refractivity contribution in [2.24, 2.45) is 16.2 Å². The van der Waals surface area contributed by atoms with Gasteiger partial charge < -0.3 is 19.7 Å². The summed E-state index contributed by atoms with van der Waals surface area (Å²) in [7, 11) is 0. The number of Topliss-reactive ketones (excluding diaryl/α,β-unsaturated/α-hetero) is 3. The molecule has 0 radical (unpaired) electrons. The number of aldehydes is 1. The van der Waals surface area contributed by atoms with Gasteiger partial charge in [-0.15, -0.1) is 0 Å². The van der Waals surface area contributed by atoms with Gasteiger partial charge in [-0.2, -0.15) is 0 Å². The maximum Gasteiger partial charge on any atom is 0.193 e. The molecule has 10 heteroatoms. The van der Waals surface area contributed by atoms with Gasteiger partial charge in [0.2, 0.25) is 0 Å². The lowest BCUT2D eigenvalue weighted by atomic mass is 9.55. The fourth-order valence-corrected chi connectivity index (χ4v) is 8.73. The number of ether oxygens (including phenoxy) is 2. The number of carbonyl (C=O) groups excluding carboxylic acids is 6. The van der Waals surface area contributed by atoms with E-state index in [0.717, 1.165) is 22.3 Å². The van der Waals surface area contributed by atoms with Crippen LogP contribution in [0.15, 0.2) is 112 Å². The van der Waals surface area contributed by atoms with Crippen LogP contribution in [0.4, 0.5) is 0 Å². The minimum atomic E-state index is -2.15. The van der Waals surface area contributed by atoms with E-state index in [0.29, 0.717) is 48.9 Å². The maximum atomic E-state index is 14.2. The van der Waals surface area contributed by atoms with E-state index in [9.17, 15) is 39.0 Å². The van der Waals surface area contributed by atoms with E-state index >= 15 is 0 Å². The van der Waals surface area contributed by atoms with Crippen LogP contribution in [0.5, 0.6) is 11.5 Å². The zero-order valence-corrected chi connectivity index (χ0v) is 35.5. The number of carbonyl (C=O) groups is 6. The Balaban J connectivity index is 0.000000201. The van der Waals surface area contributed by atoms with E-state index in [-0.39, 0.29) is 46.8 Å². The van der Waals surface area contributed by atoms with Gasteiger partial charge in [-0.3, -0.25) is 28.8 Å². The van der Waals surface area contributed by atoms with E-state index in [1.165, 1.54) is 18.2 Å². The van der Waals surface area contributed by atoms with E-state index in [1.54, 1.807) is 44.2 Å². The van der Waals surface area contributed by atoms with Gasteiger partial charge in [0, 0.05) is 5.56 Å². The molecule has 312 valence electrons. The van der Waals surface area contributed by atoms with Gasteiger partial charge in [-0.25, -0.2) is 0 Å². The van der Waals surface area contributed by atoms with Crippen LogP contribution in [0, 0.1) is 16.2 Å². The van der Waals surface area contributed by atoms with E-state index < -0.39 is 57.0 Å². The van der Waals surface area contributed by atoms with Crippen LogP contribution in [0.25, 0.3) is 5.76 Å². The quantitative estimate of drug-likeness (QED) is 0.129. The van der Waals surface area contributed by atoms with Crippen LogP contribution in [0.1, 0.15) is 119 Å². The molecule has 2 heterocycles. The smallest absolute Gasteiger partial charge is 0.193 e. The standard InChI is InChI=1S/2C25H26O5/c1-14(2)8-10-24-11-9-15(3)13-30-18-7-5-6-17-20(18)22(28)25(21(17)27,23(24)29)19(26)12-16(24)4;1-15(2)8-10-25-11-9-16(3)14-30-20-7-5-6-18(13-26)21(20)23(28)22(24(25)29)19(27)12-17(25)4/h5-9,12,21,27H,10-11,13H2,1-4H3;5-9,12-13,28H,10-11,14H2,1-4H3/b15-9+;16-9+,23-22?/t21-,24+,25-;25-/m10/s1. The molecule has 2 aromatic rings. The number of hydrogen-bond acceptors (Lipinski definition) is 10. The van der Waals surface area contributed by atoms with Crippen LogP contribution in [-0.2, 0) is 19.2 Å². The number of fused-ring (bicyclic) bond motifs is 4. The van der Waals surface area contributed by atoms with Crippen LogP contribution >= 0.6 is 0 Å². The number of aliphatic hydroxyl groups is 2. The highest BCUT2D eigenvalue weighted by atomic mass is 16.5.